The molecule has 1 heterocycles. The first kappa shape index (κ1) is 12.9. The van der Waals surface area contributed by atoms with Crippen molar-refractivity contribution in [3.8, 4) is 0 Å². The van der Waals surface area contributed by atoms with Crippen LogP contribution in [-0.2, 0) is 4.74 Å². The maximum Gasteiger partial charge on any atom is 0.411 e. The Balaban J connectivity index is 1.66. The van der Waals surface area contributed by atoms with Crippen molar-refractivity contribution in [2.24, 2.45) is 5.92 Å². The van der Waals surface area contributed by atoms with E-state index in [0.29, 0.717) is 12.5 Å². The van der Waals surface area contributed by atoms with Gasteiger partial charge in [0.15, 0.2) is 0 Å². The molecule has 1 saturated heterocycles. The van der Waals surface area contributed by atoms with Gasteiger partial charge in [0.2, 0.25) is 0 Å². The van der Waals surface area contributed by atoms with Gasteiger partial charge in [-0.1, -0.05) is 17.7 Å². The van der Waals surface area contributed by atoms with E-state index in [2.05, 4.69) is 10.6 Å². The molecule has 2 rings (SSSR count). The monoisotopic (exact) mass is 248 g/mol. The predicted octanol–water partition coefficient (Wildman–Crippen LogP) is 2.54. The number of benzene rings is 1. The summed E-state index contributed by atoms with van der Waals surface area (Å²) in [7, 11) is 0. The molecule has 18 heavy (non-hydrogen) atoms. The lowest BCUT2D eigenvalue weighted by Gasteiger charge is -2.10. The molecule has 0 aliphatic carbocycles. The van der Waals surface area contributed by atoms with E-state index in [1.807, 2.05) is 31.2 Å². The number of amides is 1. The van der Waals surface area contributed by atoms with Crippen molar-refractivity contribution < 1.29 is 9.53 Å². The summed E-state index contributed by atoms with van der Waals surface area (Å²) < 4.78 is 5.16. The van der Waals surface area contributed by atoms with Crippen molar-refractivity contribution >= 4 is 11.8 Å². The summed E-state index contributed by atoms with van der Waals surface area (Å²) in [6.45, 7) is 4.63. The van der Waals surface area contributed by atoms with Crippen LogP contribution < -0.4 is 10.6 Å². The first-order chi connectivity index (χ1) is 8.74. The minimum Gasteiger partial charge on any atom is -0.449 e. The molecule has 1 unspecified atom stereocenters. The molecule has 1 aromatic rings. The summed E-state index contributed by atoms with van der Waals surface area (Å²) in [4.78, 5) is 11.5. The minimum atomic E-state index is -0.371. The molecular weight excluding hydrogens is 228 g/mol. The SMILES string of the molecule is Cc1ccc(NC(=O)OCCC2CCNC2)cc1. The van der Waals surface area contributed by atoms with E-state index in [4.69, 9.17) is 4.74 Å². The molecule has 0 spiro atoms. The number of rotatable bonds is 4. The molecule has 98 valence electrons. The van der Waals surface area contributed by atoms with Crippen LogP contribution in [0, 0.1) is 12.8 Å². The molecule has 1 amide bonds. The maximum atomic E-state index is 11.5. The number of nitrogens with one attached hydrogen (secondary N) is 2. The highest BCUT2D eigenvalue weighted by atomic mass is 16.5. The Labute approximate surface area is 108 Å². The summed E-state index contributed by atoms with van der Waals surface area (Å²) in [6.07, 6.45) is 1.75. The highest BCUT2D eigenvalue weighted by Gasteiger charge is 2.14. The minimum absolute atomic E-state index is 0.371. The van der Waals surface area contributed by atoms with Gasteiger partial charge in [-0.15, -0.1) is 0 Å². The third-order valence-corrected chi connectivity index (χ3v) is 3.22. The fraction of sp³-hybridized carbons (Fsp3) is 0.500. The van der Waals surface area contributed by atoms with Crippen LogP contribution >= 0.6 is 0 Å². The highest BCUT2D eigenvalue weighted by Crippen LogP contribution is 2.12. The van der Waals surface area contributed by atoms with Gasteiger partial charge in [-0.25, -0.2) is 4.79 Å². The molecule has 0 saturated carbocycles. The number of hydrogen-bond acceptors (Lipinski definition) is 3. The van der Waals surface area contributed by atoms with Crippen LogP contribution in [0.25, 0.3) is 0 Å². The fourth-order valence-electron chi connectivity index (χ4n) is 2.07. The Kier molecular flexibility index (Phi) is 4.59. The molecule has 1 fully saturated rings. The zero-order valence-electron chi connectivity index (χ0n) is 10.7. The van der Waals surface area contributed by atoms with Gasteiger partial charge in [-0.05, 0) is 50.9 Å². The Morgan fingerprint density at radius 2 is 2.22 bits per heavy atom. The molecule has 1 aliphatic heterocycles. The molecule has 1 aromatic carbocycles. The molecular formula is C14H20N2O2. The maximum absolute atomic E-state index is 11.5. The number of carbonyl (C=O) groups is 1. The van der Waals surface area contributed by atoms with E-state index < -0.39 is 0 Å². The zero-order valence-corrected chi connectivity index (χ0v) is 10.7. The van der Waals surface area contributed by atoms with Gasteiger partial charge < -0.3 is 10.1 Å². The summed E-state index contributed by atoms with van der Waals surface area (Å²) >= 11 is 0. The summed E-state index contributed by atoms with van der Waals surface area (Å²) in [5.41, 5.74) is 1.94. The molecule has 1 aliphatic rings. The lowest BCUT2D eigenvalue weighted by molar-refractivity contribution is 0.154. The topological polar surface area (TPSA) is 50.4 Å². The van der Waals surface area contributed by atoms with Crippen molar-refractivity contribution in [3.63, 3.8) is 0 Å². The second kappa shape index (κ2) is 6.40. The molecule has 0 aromatic heterocycles. The van der Waals surface area contributed by atoms with Crippen molar-refractivity contribution in [3.05, 3.63) is 29.8 Å². The van der Waals surface area contributed by atoms with Crippen LogP contribution in [0.3, 0.4) is 0 Å². The number of carbonyl (C=O) groups excluding carboxylic acids is 1. The van der Waals surface area contributed by atoms with E-state index >= 15 is 0 Å². The number of anilines is 1. The quantitative estimate of drug-likeness (QED) is 0.861. The van der Waals surface area contributed by atoms with Crippen LogP contribution in [-0.4, -0.2) is 25.8 Å². The third-order valence-electron chi connectivity index (χ3n) is 3.22. The molecule has 4 nitrogen and oxygen atoms in total. The Bertz CT molecular complexity index is 383. The average molecular weight is 248 g/mol. The van der Waals surface area contributed by atoms with Crippen LogP contribution in [0.15, 0.2) is 24.3 Å². The van der Waals surface area contributed by atoms with Crippen LogP contribution in [0.4, 0.5) is 10.5 Å². The summed E-state index contributed by atoms with van der Waals surface area (Å²) in [6, 6.07) is 7.66. The second-order valence-electron chi connectivity index (χ2n) is 4.77. The molecule has 0 bridgehead atoms. The molecule has 1 atom stereocenters. The standard InChI is InChI=1S/C14H20N2O2/c1-11-2-4-13(5-3-11)16-14(17)18-9-7-12-6-8-15-10-12/h2-5,12,15H,6-10H2,1H3,(H,16,17). The summed E-state index contributed by atoms with van der Waals surface area (Å²) in [5, 5.41) is 6.02. The van der Waals surface area contributed by atoms with Crippen molar-refractivity contribution in [2.45, 2.75) is 19.8 Å². The first-order valence-corrected chi connectivity index (χ1v) is 6.45. The van der Waals surface area contributed by atoms with Gasteiger partial charge in [-0.3, -0.25) is 5.32 Å². The number of hydrogen-bond donors (Lipinski definition) is 2. The van der Waals surface area contributed by atoms with Gasteiger partial charge in [-0.2, -0.15) is 0 Å². The van der Waals surface area contributed by atoms with E-state index in [9.17, 15) is 4.79 Å². The Morgan fingerprint density at radius 1 is 1.44 bits per heavy atom. The fourth-order valence-corrected chi connectivity index (χ4v) is 2.07. The van der Waals surface area contributed by atoms with E-state index in [0.717, 1.165) is 25.2 Å². The van der Waals surface area contributed by atoms with Gasteiger partial charge >= 0.3 is 6.09 Å². The number of aryl methyl sites for hydroxylation is 1. The largest absolute Gasteiger partial charge is 0.449 e. The first-order valence-electron chi connectivity index (χ1n) is 6.45. The van der Waals surface area contributed by atoms with Crippen molar-refractivity contribution in [2.75, 3.05) is 25.0 Å². The summed E-state index contributed by atoms with van der Waals surface area (Å²) in [5.74, 6) is 0.650. The second-order valence-corrected chi connectivity index (χ2v) is 4.77. The predicted molar refractivity (Wildman–Crippen MR) is 71.7 cm³/mol. The zero-order chi connectivity index (χ0) is 12.8. The van der Waals surface area contributed by atoms with Crippen LogP contribution in [0.1, 0.15) is 18.4 Å². The van der Waals surface area contributed by atoms with E-state index in [-0.39, 0.29) is 6.09 Å². The lowest BCUT2D eigenvalue weighted by Crippen LogP contribution is -2.17. The lowest BCUT2D eigenvalue weighted by atomic mass is 10.1. The van der Waals surface area contributed by atoms with Gasteiger partial charge in [0.25, 0.3) is 0 Å². The molecule has 0 radical (unpaired) electrons. The van der Waals surface area contributed by atoms with Gasteiger partial charge in [0.05, 0.1) is 6.61 Å². The Morgan fingerprint density at radius 3 is 2.89 bits per heavy atom. The van der Waals surface area contributed by atoms with E-state index in [1.165, 1.54) is 12.0 Å². The van der Waals surface area contributed by atoms with Gasteiger partial charge in [0, 0.05) is 5.69 Å². The van der Waals surface area contributed by atoms with E-state index in [1.54, 1.807) is 0 Å². The Hall–Kier alpha value is -1.55. The third kappa shape index (κ3) is 4.04. The van der Waals surface area contributed by atoms with Crippen molar-refractivity contribution in [1.29, 1.82) is 0 Å². The van der Waals surface area contributed by atoms with Crippen LogP contribution in [0.5, 0.6) is 0 Å². The van der Waals surface area contributed by atoms with Gasteiger partial charge in [0.1, 0.15) is 0 Å². The molecule has 2 N–H and O–H groups in total. The van der Waals surface area contributed by atoms with Crippen molar-refractivity contribution in [1.82, 2.24) is 5.32 Å². The number of ether oxygens (including phenoxy) is 1. The highest BCUT2D eigenvalue weighted by molar-refractivity contribution is 5.84. The molecule has 4 heteroatoms. The smallest absolute Gasteiger partial charge is 0.411 e. The average Bonchev–Trinajstić information content (AvgIpc) is 2.85. The normalized spacial score (nSPS) is 18.6. The van der Waals surface area contributed by atoms with Crippen LogP contribution in [0.2, 0.25) is 0 Å².